The van der Waals surface area contributed by atoms with Crippen LogP contribution in [0.4, 0.5) is 0 Å². The molecule has 1 aromatic carbocycles. The molecule has 21 heavy (non-hydrogen) atoms. The van der Waals surface area contributed by atoms with Crippen LogP contribution in [-0.4, -0.2) is 7.05 Å². The van der Waals surface area contributed by atoms with Gasteiger partial charge < -0.3 is 5.32 Å². The monoisotopic (exact) mass is 299 g/mol. The van der Waals surface area contributed by atoms with Gasteiger partial charge in [0, 0.05) is 15.8 Å². The summed E-state index contributed by atoms with van der Waals surface area (Å²) in [5.74, 6) is 0. The summed E-state index contributed by atoms with van der Waals surface area (Å²) >= 11 is 2.04. The Morgan fingerprint density at radius 3 is 2.62 bits per heavy atom. The average molecular weight is 299 g/mol. The molecule has 0 aliphatic heterocycles. The zero-order valence-electron chi connectivity index (χ0n) is 13.1. The van der Waals surface area contributed by atoms with E-state index in [1.165, 1.54) is 48.1 Å². The maximum absolute atomic E-state index is 3.52. The minimum Gasteiger partial charge on any atom is -0.312 e. The molecule has 112 valence electrons. The van der Waals surface area contributed by atoms with E-state index in [4.69, 9.17) is 0 Å². The fourth-order valence-electron chi connectivity index (χ4n) is 3.17. The molecular formula is C19H25NS. The first kappa shape index (κ1) is 14.8. The predicted molar refractivity (Wildman–Crippen MR) is 92.3 cm³/mol. The Hall–Kier alpha value is -1.12. The molecule has 0 fully saturated rings. The number of hydrogen-bond donors (Lipinski definition) is 1. The molecule has 1 aliphatic carbocycles. The molecule has 0 bridgehead atoms. The fourth-order valence-corrected chi connectivity index (χ4v) is 4.53. The van der Waals surface area contributed by atoms with Gasteiger partial charge in [-0.15, -0.1) is 11.3 Å². The average Bonchev–Trinajstić information content (AvgIpc) is 2.77. The first-order valence-electron chi connectivity index (χ1n) is 8.10. The lowest BCUT2D eigenvalue weighted by Crippen LogP contribution is -2.17. The van der Waals surface area contributed by atoms with Crippen molar-refractivity contribution in [3.8, 4) is 0 Å². The first-order valence-corrected chi connectivity index (χ1v) is 8.92. The zero-order chi connectivity index (χ0) is 14.7. The van der Waals surface area contributed by atoms with Gasteiger partial charge in [-0.25, -0.2) is 0 Å². The summed E-state index contributed by atoms with van der Waals surface area (Å²) in [5, 5.41) is 3.52. The Morgan fingerprint density at radius 2 is 1.86 bits per heavy atom. The largest absolute Gasteiger partial charge is 0.312 e. The van der Waals surface area contributed by atoms with E-state index in [-0.39, 0.29) is 0 Å². The molecule has 1 aromatic heterocycles. The molecule has 1 nitrogen and oxygen atoms in total. The second kappa shape index (κ2) is 6.76. The molecule has 0 spiro atoms. The van der Waals surface area contributed by atoms with Crippen molar-refractivity contribution in [1.29, 1.82) is 0 Å². The normalized spacial score (nSPS) is 16.3. The summed E-state index contributed by atoms with van der Waals surface area (Å²) in [7, 11) is 2.09. The number of hydrogen-bond acceptors (Lipinski definition) is 2. The standard InChI is InChI=1S/C19H25NS/c1-14-8-10-15(11-9-14)12-17(20-2)19-13-16-6-4-3-5-7-18(16)21-19/h8-11,13,17,20H,3-7,12H2,1-2H3. The summed E-state index contributed by atoms with van der Waals surface area (Å²) in [5.41, 5.74) is 4.38. The molecule has 0 saturated carbocycles. The van der Waals surface area contributed by atoms with Gasteiger partial charge in [0.15, 0.2) is 0 Å². The molecule has 2 aromatic rings. The molecule has 0 amide bonds. The molecule has 1 atom stereocenters. The van der Waals surface area contributed by atoms with Crippen LogP contribution in [0.3, 0.4) is 0 Å². The van der Waals surface area contributed by atoms with Crippen LogP contribution >= 0.6 is 11.3 Å². The van der Waals surface area contributed by atoms with Crippen molar-refractivity contribution in [3.63, 3.8) is 0 Å². The van der Waals surface area contributed by atoms with Crippen molar-refractivity contribution in [1.82, 2.24) is 5.32 Å². The topological polar surface area (TPSA) is 12.0 Å². The van der Waals surface area contributed by atoms with Crippen LogP contribution in [0.5, 0.6) is 0 Å². The lowest BCUT2D eigenvalue weighted by atomic mass is 10.0. The highest BCUT2D eigenvalue weighted by molar-refractivity contribution is 7.12. The maximum atomic E-state index is 3.52. The molecule has 0 radical (unpaired) electrons. The smallest absolute Gasteiger partial charge is 0.0453 e. The molecule has 1 aliphatic rings. The van der Waals surface area contributed by atoms with Gasteiger partial charge in [-0.05, 0) is 63.3 Å². The third-order valence-electron chi connectivity index (χ3n) is 4.52. The molecule has 3 rings (SSSR count). The van der Waals surface area contributed by atoms with Gasteiger partial charge in [-0.2, -0.15) is 0 Å². The van der Waals surface area contributed by atoms with Crippen molar-refractivity contribution in [2.45, 2.75) is 51.5 Å². The van der Waals surface area contributed by atoms with Gasteiger partial charge in [0.25, 0.3) is 0 Å². The minimum absolute atomic E-state index is 0.449. The number of likely N-dealkylation sites (N-methyl/N-ethyl adjacent to an activating group) is 1. The van der Waals surface area contributed by atoms with E-state index in [0.717, 1.165) is 6.42 Å². The van der Waals surface area contributed by atoms with E-state index >= 15 is 0 Å². The summed E-state index contributed by atoms with van der Waals surface area (Å²) in [6.45, 7) is 2.15. The predicted octanol–water partition coefficient (Wildman–Crippen LogP) is 4.83. The van der Waals surface area contributed by atoms with Crippen molar-refractivity contribution in [2.75, 3.05) is 7.05 Å². The van der Waals surface area contributed by atoms with E-state index in [1.54, 1.807) is 10.4 Å². The van der Waals surface area contributed by atoms with Gasteiger partial charge >= 0.3 is 0 Å². The number of fused-ring (bicyclic) bond motifs is 1. The Labute approximate surface area is 132 Å². The van der Waals surface area contributed by atoms with Crippen molar-refractivity contribution >= 4 is 11.3 Å². The van der Waals surface area contributed by atoms with Crippen molar-refractivity contribution in [2.24, 2.45) is 0 Å². The number of aryl methyl sites for hydroxylation is 3. The van der Waals surface area contributed by atoms with E-state index in [1.807, 2.05) is 11.3 Å². The first-order chi connectivity index (χ1) is 10.3. The molecule has 1 unspecified atom stereocenters. The van der Waals surface area contributed by atoms with E-state index in [2.05, 4.69) is 49.6 Å². The number of thiophene rings is 1. The minimum atomic E-state index is 0.449. The van der Waals surface area contributed by atoms with Crippen LogP contribution in [0.25, 0.3) is 0 Å². The molecule has 0 saturated heterocycles. The Bertz CT molecular complexity index is 559. The quantitative estimate of drug-likeness (QED) is 0.797. The number of nitrogens with one attached hydrogen (secondary N) is 1. The highest BCUT2D eigenvalue weighted by Gasteiger charge is 2.17. The van der Waals surface area contributed by atoms with E-state index in [0.29, 0.717) is 6.04 Å². The van der Waals surface area contributed by atoms with Crippen molar-refractivity contribution < 1.29 is 0 Å². The van der Waals surface area contributed by atoms with Crippen LogP contribution in [0.1, 0.15) is 51.7 Å². The van der Waals surface area contributed by atoms with E-state index in [9.17, 15) is 0 Å². The molecule has 1 heterocycles. The number of rotatable bonds is 4. The Balaban J connectivity index is 1.78. The van der Waals surface area contributed by atoms with Gasteiger partial charge in [0.1, 0.15) is 0 Å². The Kier molecular flexibility index (Phi) is 4.77. The molecular weight excluding hydrogens is 274 g/mol. The summed E-state index contributed by atoms with van der Waals surface area (Å²) in [6.07, 6.45) is 7.79. The summed E-state index contributed by atoms with van der Waals surface area (Å²) < 4.78 is 0. The summed E-state index contributed by atoms with van der Waals surface area (Å²) in [4.78, 5) is 3.16. The zero-order valence-corrected chi connectivity index (χ0v) is 13.9. The van der Waals surface area contributed by atoms with Crippen LogP contribution in [0.15, 0.2) is 30.3 Å². The van der Waals surface area contributed by atoms with Gasteiger partial charge in [-0.1, -0.05) is 36.2 Å². The van der Waals surface area contributed by atoms with Gasteiger partial charge in [0.2, 0.25) is 0 Å². The second-order valence-corrected chi connectivity index (χ2v) is 7.36. The third-order valence-corrected chi connectivity index (χ3v) is 5.87. The van der Waals surface area contributed by atoms with Gasteiger partial charge in [0.05, 0.1) is 0 Å². The highest BCUT2D eigenvalue weighted by Crippen LogP contribution is 2.33. The second-order valence-electron chi connectivity index (χ2n) is 6.19. The maximum Gasteiger partial charge on any atom is 0.0453 e. The SMILES string of the molecule is CNC(Cc1ccc(C)cc1)c1cc2c(s1)CCCCC2. The van der Waals surface area contributed by atoms with Crippen LogP contribution in [-0.2, 0) is 19.3 Å². The van der Waals surface area contributed by atoms with E-state index < -0.39 is 0 Å². The fraction of sp³-hybridized carbons (Fsp3) is 0.474. The van der Waals surface area contributed by atoms with Crippen LogP contribution in [0, 0.1) is 6.92 Å². The summed E-state index contributed by atoms with van der Waals surface area (Å²) in [6, 6.07) is 11.9. The van der Waals surface area contributed by atoms with Crippen LogP contribution in [0.2, 0.25) is 0 Å². The third kappa shape index (κ3) is 3.56. The van der Waals surface area contributed by atoms with Crippen LogP contribution < -0.4 is 5.32 Å². The number of benzene rings is 1. The lowest BCUT2D eigenvalue weighted by molar-refractivity contribution is 0.601. The molecule has 1 N–H and O–H groups in total. The van der Waals surface area contributed by atoms with Crippen molar-refractivity contribution in [3.05, 3.63) is 56.8 Å². The Morgan fingerprint density at radius 1 is 1.10 bits per heavy atom. The van der Waals surface area contributed by atoms with Gasteiger partial charge in [-0.3, -0.25) is 0 Å². The lowest BCUT2D eigenvalue weighted by Gasteiger charge is -2.15. The highest BCUT2D eigenvalue weighted by atomic mass is 32.1. The molecule has 2 heteroatoms.